The van der Waals surface area contributed by atoms with E-state index in [2.05, 4.69) is 34.9 Å². The van der Waals surface area contributed by atoms with E-state index in [4.69, 9.17) is 0 Å². The smallest absolute Gasteiger partial charge is 0.125 e. The summed E-state index contributed by atoms with van der Waals surface area (Å²) in [5.74, 6) is 1.19. The Morgan fingerprint density at radius 2 is 2.12 bits per heavy atom. The van der Waals surface area contributed by atoms with Crippen molar-refractivity contribution in [3.05, 3.63) is 18.2 Å². The summed E-state index contributed by atoms with van der Waals surface area (Å²) in [7, 11) is 2.03. The van der Waals surface area contributed by atoms with Gasteiger partial charge < -0.3 is 9.88 Å². The summed E-state index contributed by atoms with van der Waals surface area (Å²) in [5.41, 5.74) is 0. The van der Waals surface area contributed by atoms with E-state index < -0.39 is 0 Å². The van der Waals surface area contributed by atoms with Crippen molar-refractivity contribution in [3.8, 4) is 0 Å². The van der Waals surface area contributed by atoms with E-state index >= 15 is 0 Å². The number of aromatic nitrogens is 2. The molecule has 0 bridgehead atoms. The van der Waals surface area contributed by atoms with E-state index in [1.54, 1.807) is 0 Å². The summed E-state index contributed by atoms with van der Waals surface area (Å²) in [6.45, 7) is 5.52. The molecule has 0 radical (unpaired) electrons. The Kier molecular flexibility index (Phi) is 6.16. The zero-order valence-electron chi connectivity index (χ0n) is 10.9. The van der Waals surface area contributed by atoms with Gasteiger partial charge >= 0.3 is 0 Å². The Balaban J connectivity index is 2.59. The van der Waals surface area contributed by atoms with Crippen LogP contribution >= 0.6 is 0 Å². The van der Waals surface area contributed by atoms with Gasteiger partial charge in [0.15, 0.2) is 0 Å². The summed E-state index contributed by atoms with van der Waals surface area (Å²) in [5, 5.41) is 3.38. The Morgan fingerprint density at radius 3 is 2.75 bits per heavy atom. The lowest BCUT2D eigenvalue weighted by Crippen LogP contribution is -2.21. The Bertz CT molecular complexity index is 280. The summed E-state index contributed by atoms with van der Waals surface area (Å²) < 4.78 is 2.27. The average molecular weight is 223 g/mol. The quantitative estimate of drug-likeness (QED) is 0.686. The first-order valence-electron chi connectivity index (χ1n) is 6.51. The predicted molar refractivity (Wildman–Crippen MR) is 68.5 cm³/mol. The van der Waals surface area contributed by atoms with E-state index in [0.29, 0.717) is 6.04 Å². The summed E-state index contributed by atoms with van der Waals surface area (Å²) in [6.07, 6.45) is 10.2. The molecule has 0 saturated heterocycles. The van der Waals surface area contributed by atoms with Gasteiger partial charge in [-0.3, -0.25) is 0 Å². The van der Waals surface area contributed by atoms with Crippen molar-refractivity contribution in [3.63, 3.8) is 0 Å². The normalized spacial score (nSPS) is 12.9. The molecule has 16 heavy (non-hydrogen) atoms. The van der Waals surface area contributed by atoms with Crippen molar-refractivity contribution in [1.29, 1.82) is 0 Å². The van der Waals surface area contributed by atoms with Crippen molar-refractivity contribution in [2.45, 2.75) is 58.5 Å². The molecule has 0 aliphatic carbocycles. The Morgan fingerprint density at radius 1 is 1.31 bits per heavy atom. The number of nitrogens with one attached hydrogen (secondary N) is 1. The first-order valence-corrected chi connectivity index (χ1v) is 6.51. The van der Waals surface area contributed by atoms with Gasteiger partial charge in [-0.1, -0.05) is 33.1 Å². The van der Waals surface area contributed by atoms with Gasteiger partial charge in [-0.2, -0.15) is 0 Å². The molecular weight excluding hydrogens is 198 g/mol. The van der Waals surface area contributed by atoms with Crippen LogP contribution in [0.25, 0.3) is 0 Å². The molecule has 3 nitrogen and oxygen atoms in total. The topological polar surface area (TPSA) is 29.9 Å². The van der Waals surface area contributed by atoms with Crippen molar-refractivity contribution < 1.29 is 0 Å². The molecule has 1 atom stereocenters. The van der Waals surface area contributed by atoms with Crippen LogP contribution in [-0.2, 0) is 6.54 Å². The summed E-state index contributed by atoms with van der Waals surface area (Å²) in [6, 6.07) is 0.410. The molecule has 0 saturated carbocycles. The van der Waals surface area contributed by atoms with E-state index in [1.165, 1.54) is 31.5 Å². The number of rotatable bonds is 8. The predicted octanol–water partition coefficient (Wildman–Crippen LogP) is 3.13. The highest BCUT2D eigenvalue weighted by Gasteiger charge is 2.13. The Hall–Kier alpha value is -0.830. The molecule has 0 aliphatic heterocycles. The minimum absolute atomic E-state index is 0.410. The second-order valence-electron chi connectivity index (χ2n) is 4.32. The SMILES string of the molecule is CCCCCC(NC)c1nccn1CCC. The van der Waals surface area contributed by atoms with Crippen LogP contribution in [0.15, 0.2) is 12.4 Å². The lowest BCUT2D eigenvalue weighted by Gasteiger charge is -2.17. The first kappa shape index (κ1) is 13.2. The lowest BCUT2D eigenvalue weighted by atomic mass is 10.1. The molecule has 1 aromatic rings. The maximum Gasteiger partial charge on any atom is 0.125 e. The maximum absolute atomic E-state index is 4.49. The number of aryl methyl sites for hydroxylation is 1. The van der Waals surface area contributed by atoms with Crippen LogP contribution < -0.4 is 5.32 Å². The van der Waals surface area contributed by atoms with Crippen LogP contribution in [0, 0.1) is 0 Å². The van der Waals surface area contributed by atoms with Crippen molar-refractivity contribution in [2.75, 3.05) is 7.05 Å². The van der Waals surface area contributed by atoms with Gasteiger partial charge in [0.25, 0.3) is 0 Å². The highest BCUT2D eigenvalue weighted by molar-refractivity contribution is 4.99. The molecule has 1 N–H and O–H groups in total. The molecule has 3 heteroatoms. The highest BCUT2D eigenvalue weighted by Crippen LogP contribution is 2.18. The summed E-state index contributed by atoms with van der Waals surface area (Å²) >= 11 is 0. The molecule has 1 rings (SSSR count). The lowest BCUT2D eigenvalue weighted by molar-refractivity contribution is 0.464. The van der Waals surface area contributed by atoms with Gasteiger partial charge in [-0.15, -0.1) is 0 Å². The van der Waals surface area contributed by atoms with E-state index in [1.807, 2.05) is 13.2 Å². The number of hydrogen-bond donors (Lipinski definition) is 1. The molecule has 0 fully saturated rings. The maximum atomic E-state index is 4.49. The van der Waals surface area contributed by atoms with Crippen LogP contribution in [-0.4, -0.2) is 16.6 Å². The fraction of sp³-hybridized carbons (Fsp3) is 0.769. The highest BCUT2D eigenvalue weighted by atomic mass is 15.1. The molecule has 0 aromatic carbocycles. The van der Waals surface area contributed by atoms with E-state index in [9.17, 15) is 0 Å². The van der Waals surface area contributed by atoms with Crippen molar-refractivity contribution in [2.24, 2.45) is 0 Å². The fourth-order valence-electron chi connectivity index (χ4n) is 2.06. The first-order chi connectivity index (χ1) is 7.83. The second-order valence-corrected chi connectivity index (χ2v) is 4.32. The third-order valence-electron chi connectivity index (χ3n) is 2.97. The van der Waals surface area contributed by atoms with Gasteiger partial charge in [-0.25, -0.2) is 4.98 Å². The minimum Gasteiger partial charge on any atom is -0.334 e. The average Bonchev–Trinajstić information content (AvgIpc) is 2.73. The number of hydrogen-bond acceptors (Lipinski definition) is 2. The van der Waals surface area contributed by atoms with Crippen molar-refractivity contribution >= 4 is 0 Å². The summed E-state index contributed by atoms with van der Waals surface area (Å²) in [4.78, 5) is 4.49. The zero-order valence-corrected chi connectivity index (χ0v) is 10.9. The van der Waals surface area contributed by atoms with Crippen molar-refractivity contribution in [1.82, 2.24) is 14.9 Å². The molecule has 92 valence electrons. The van der Waals surface area contributed by atoms with Crippen LogP contribution in [0.1, 0.15) is 57.8 Å². The van der Waals surface area contributed by atoms with Gasteiger partial charge in [0.05, 0.1) is 6.04 Å². The standard InChI is InChI=1S/C13H25N3/c1-4-6-7-8-12(14-3)13-15-9-11-16(13)10-5-2/h9,11-12,14H,4-8,10H2,1-3H3. The largest absolute Gasteiger partial charge is 0.334 e. The van der Waals surface area contributed by atoms with Crippen LogP contribution in [0.2, 0.25) is 0 Å². The number of nitrogens with zero attached hydrogens (tertiary/aromatic N) is 2. The molecule has 1 aromatic heterocycles. The monoisotopic (exact) mass is 223 g/mol. The van der Waals surface area contributed by atoms with Crippen LogP contribution in [0.4, 0.5) is 0 Å². The van der Waals surface area contributed by atoms with Gasteiger partial charge in [0.1, 0.15) is 5.82 Å². The second kappa shape index (κ2) is 7.44. The molecule has 1 unspecified atom stereocenters. The number of unbranched alkanes of at least 4 members (excludes halogenated alkanes) is 2. The number of imidazole rings is 1. The molecule has 0 aliphatic rings. The van der Waals surface area contributed by atoms with Gasteiger partial charge in [-0.05, 0) is 19.9 Å². The van der Waals surface area contributed by atoms with Gasteiger partial charge in [0.2, 0.25) is 0 Å². The third kappa shape index (κ3) is 3.63. The van der Waals surface area contributed by atoms with Gasteiger partial charge in [0, 0.05) is 18.9 Å². The molecule has 1 heterocycles. The van der Waals surface area contributed by atoms with E-state index in [-0.39, 0.29) is 0 Å². The molecule has 0 amide bonds. The van der Waals surface area contributed by atoms with Crippen LogP contribution in [0.3, 0.4) is 0 Å². The van der Waals surface area contributed by atoms with Crippen LogP contribution in [0.5, 0.6) is 0 Å². The minimum atomic E-state index is 0.410. The van der Waals surface area contributed by atoms with E-state index in [0.717, 1.165) is 13.0 Å². The zero-order chi connectivity index (χ0) is 11.8. The fourth-order valence-corrected chi connectivity index (χ4v) is 2.06. The Labute approximate surface area is 99.3 Å². The molecule has 0 spiro atoms. The third-order valence-corrected chi connectivity index (χ3v) is 2.97. The molecular formula is C13H25N3.